The Balaban J connectivity index is 1.46. The summed E-state index contributed by atoms with van der Waals surface area (Å²) in [6, 6.07) is 2.26. The van der Waals surface area contributed by atoms with Gasteiger partial charge in [0.1, 0.15) is 5.56 Å². The molecule has 8 nitrogen and oxygen atoms in total. The highest BCUT2D eigenvalue weighted by molar-refractivity contribution is 6.02. The van der Waals surface area contributed by atoms with Crippen LogP contribution in [0.3, 0.4) is 0 Å². The SMILES string of the molecule is Cc1cc(C)n2nc(C)c(C(=O)N3CC[C@H]4[C@@H]3CC(=O)N4C3CCOCC3)c2n1. The number of carbonyl (C=O) groups excluding carboxylic acids is 2. The van der Waals surface area contributed by atoms with Crippen molar-refractivity contribution in [2.24, 2.45) is 0 Å². The first-order chi connectivity index (χ1) is 14.0. The van der Waals surface area contributed by atoms with Gasteiger partial charge < -0.3 is 14.5 Å². The van der Waals surface area contributed by atoms with E-state index in [1.54, 1.807) is 4.52 Å². The van der Waals surface area contributed by atoms with E-state index in [0.29, 0.717) is 43.1 Å². The average Bonchev–Trinajstić information content (AvgIpc) is 3.33. The molecule has 2 amide bonds. The van der Waals surface area contributed by atoms with Crippen molar-refractivity contribution in [1.82, 2.24) is 24.4 Å². The molecule has 0 aliphatic carbocycles. The minimum Gasteiger partial charge on any atom is -0.381 e. The first kappa shape index (κ1) is 18.5. The van der Waals surface area contributed by atoms with Gasteiger partial charge >= 0.3 is 0 Å². The maximum atomic E-state index is 13.6. The Bertz CT molecular complexity index is 994. The van der Waals surface area contributed by atoms with Crippen LogP contribution >= 0.6 is 0 Å². The van der Waals surface area contributed by atoms with Crippen LogP contribution in [-0.2, 0) is 9.53 Å². The number of fused-ring (bicyclic) bond motifs is 2. The molecule has 3 fully saturated rings. The van der Waals surface area contributed by atoms with Gasteiger partial charge in [0.25, 0.3) is 5.91 Å². The van der Waals surface area contributed by atoms with Crippen LogP contribution in [0.25, 0.3) is 5.65 Å². The van der Waals surface area contributed by atoms with Gasteiger partial charge in [-0.25, -0.2) is 9.50 Å². The first-order valence-corrected chi connectivity index (χ1v) is 10.5. The Morgan fingerprint density at radius 3 is 2.66 bits per heavy atom. The standard InChI is InChI=1S/C21H27N5O3/c1-12-10-13(2)26-20(22-12)19(14(3)23-26)21(28)24-7-4-16-17(24)11-18(27)25(16)15-5-8-29-9-6-15/h10,15-17H,4-9,11H2,1-3H3/t16-,17-/m0/s1. The number of aromatic nitrogens is 3. The molecule has 3 aliphatic rings. The van der Waals surface area contributed by atoms with Gasteiger partial charge in [0.05, 0.1) is 17.8 Å². The molecule has 0 aromatic carbocycles. The van der Waals surface area contributed by atoms with E-state index in [4.69, 9.17) is 4.74 Å². The van der Waals surface area contributed by atoms with Gasteiger partial charge in [0, 0.05) is 43.6 Å². The second-order valence-corrected chi connectivity index (χ2v) is 8.51. The van der Waals surface area contributed by atoms with Gasteiger partial charge in [-0.1, -0.05) is 0 Å². The number of likely N-dealkylation sites (tertiary alicyclic amines) is 2. The monoisotopic (exact) mass is 397 g/mol. The molecule has 8 heteroatoms. The van der Waals surface area contributed by atoms with Crippen molar-refractivity contribution in [2.45, 2.75) is 64.6 Å². The van der Waals surface area contributed by atoms with Crippen LogP contribution in [0.2, 0.25) is 0 Å². The second kappa shape index (κ2) is 6.79. The summed E-state index contributed by atoms with van der Waals surface area (Å²) in [7, 11) is 0. The number of amides is 2. The van der Waals surface area contributed by atoms with E-state index in [0.717, 1.165) is 30.7 Å². The van der Waals surface area contributed by atoms with E-state index in [-0.39, 0.29) is 29.9 Å². The van der Waals surface area contributed by atoms with Crippen molar-refractivity contribution in [1.29, 1.82) is 0 Å². The molecule has 3 saturated heterocycles. The Labute approximate surface area is 169 Å². The van der Waals surface area contributed by atoms with Crippen molar-refractivity contribution >= 4 is 17.5 Å². The fourth-order valence-electron chi connectivity index (χ4n) is 5.39. The quantitative estimate of drug-likeness (QED) is 0.770. The van der Waals surface area contributed by atoms with Crippen LogP contribution in [0.5, 0.6) is 0 Å². The third-order valence-corrected chi connectivity index (χ3v) is 6.67. The van der Waals surface area contributed by atoms with E-state index in [2.05, 4.69) is 15.0 Å². The maximum Gasteiger partial charge on any atom is 0.259 e. The minimum atomic E-state index is -0.0573. The van der Waals surface area contributed by atoms with Gasteiger partial charge in [-0.15, -0.1) is 0 Å². The van der Waals surface area contributed by atoms with E-state index >= 15 is 0 Å². The predicted molar refractivity (Wildman–Crippen MR) is 106 cm³/mol. The molecule has 2 aromatic rings. The summed E-state index contributed by atoms with van der Waals surface area (Å²) in [5.41, 5.74) is 3.68. The lowest BCUT2D eigenvalue weighted by Crippen LogP contribution is -2.46. The summed E-state index contributed by atoms with van der Waals surface area (Å²) in [5.74, 6) is 0.120. The molecule has 0 saturated carbocycles. The number of carbonyl (C=O) groups is 2. The fourth-order valence-corrected chi connectivity index (χ4v) is 5.39. The van der Waals surface area contributed by atoms with E-state index in [1.165, 1.54) is 0 Å². The molecular weight excluding hydrogens is 370 g/mol. The number of ether oxygens (including phenoxy) is 1. The highest BCUT2D eigenvalue weighted by atomic mass is 16.5. The zero-order chi connectivity index (χ0) is 20.3. The lowest BCUT2D eigenvalue weighted by molar-refractivity contribution is -0.133. The molecule has 0 N–H and O–H groups in total. The Morgan fingerprint density at radius 2 is 1.90 bits per heavy atom. The highest BCUT2D eigenvalue weighted by Crippen LogP contribution is 2.37. The minimum absolute atomic E-state index is 0.0517. The number of aryl methyl sites for hydroxylation is 3. The third kappa shape index (κ3) is 2.84. The summed E-state index contributed by atoms with van der Waals surface area (Å²) < 4.78 is 7.22. The molecule has 0 spiro atoms. The molecular formula is C21H27N5O3. The molecule has 2 aromatic heterocycles. The molecule has 154 valence electrons. The number of hydrogen-bond donors (Lipinski definition) is 0. The molecule has 5 heterocycles. The molecule has 0 radical (unpaired) electrons. The van der Waals surface area contributed by atoms with Gasteiger partial charge in [-0.2, -0.15) is 5.10 Å². The fraction of sp³-hybridized carbons (Fsp3) is 0.619. The van der Waals surface area contributed by atoms with Gasteiger partial charge in [0.2, 0.25) is 5.91 Å². The third-order valence-electron chi connectivity index (χ3n) is 6.67. The van der Waals surface area contributed by atoms with Gasteiger partial charge in [-0.3, -0.25) is 9.59 Å². The molecule has 2 atom stereocenters. The topological polar surface area (TPSA) is 80.0 Å². The van der Waals surface area contributed by atoms with Crippen molar-refractivity contribution < 1.29 is 14.3 Å². The summed E-state index contributed by atoms with van der Waals surface area (Å²) in [6.07, 6.45) is 3.03. The van der Waals surface area contributed by atoms with Crippen molar-refractivity contribution in [3.63, 3.8) is 0 Å². The van der Waals surface area contributed by atoms with Crippen molar-refractivity contribution in [3.8, 4) is 0 Å². The zero-order valence-electron chi connectivity index (χ0n) is 17.2. The summed E-state index contributed by atoms with van der Waals surface area (Å²) >= 11 is 0. The largest absolute Gasteiger partial charge is 0.381 e. The molecule has 29 heavy (non-hydrogen) atoms. The normalized spacial score (nSPS) is 25.3. The van der Waals surface area contributed by atoms with E-state index in [9.17, 15) is 9.59 Å². The summed E-state index contributed by atoms with van der Waals surface area (Å²) in [4.78, 5) is 35.0. The van der Waals surface area contributed by atoms with Crippen LogP contribution in [-0.4, -0.2) is 74.1 Å². The first-order valence-electron chi connectivity index (χ1n) is 10.5. The Kier molecular flexibility index (Phi) is 4.34. The van der Waals surface area contributed by atoms with Crippen molar-refractivity contribution in [2.75, 3.05) is 19.8 Å². The number of nitrogens with zero attached hydrogens (tertiary/aromatic N) is 5. The summed E-state index contributed by atoms with van der Waals surface area (Å²) in [5, 5.41) is 4.55. The highest BCUT2D eigenvalue weighted by Gasteiger charge is 2.51. The van der Waals surface area contributed by atoms with Gasteiger partial charge in [-0.05, 0) is 46.1 Å². The van der Waals surface area contributed by atoms with E-state index in [1.807, 2.05) is 31.7 Å². The maximum absolute atomic E-state index is 13.6. The lowest BCUT2D eigenvalue weighted by Gasteiger charge is -2.35. The molecule has 0 bridgehead atoms. The predicted octanol–water partition coefficient (Wildman–Crippen LogP) is 1.65. The average molecular weight is 397 g/mol. The second-order valence-electron chi connectivity index (χ2n) is 8.51. The summed E-state index contributed by atoms with van der Waals surface area (Å²) in [6.45, 7) is 7.84. The van der Waals surface area contributed by atoms with Gasteiger partial charge in [0.15, 0.2) is 5.65 Å². The number of rotatable bonds is 2. The molecule has 0 unspecified atom stereocenters. The van der Waals surface area contributed by atoms with Crippen LogP contribution < -0.4 is 0 Å². The van der Waals surface area contributed by atoms with Crippen LogP contribution in [0, 0.1) is 20.8 Å². The van der Waals surface area contributed by atoms with Crippen LogP contribution in [0.4, 0.5) is 0 Å². The van der Waals surface area contributed by atoms with E-state index < -0.39 is 0 Å². The number of hydrogen-bond acceptors (Lipinski definition) is 5. The Morgan fingerprint density at radius 1 is 1.14 bits per heavy atom. The van der Waals surface area contributed by atoms with Crippen LogP contribution in [0.1, 0.15) is 53.1 Å². The smallest absolute Gasteiger partial charge is 0.259 e. The Hall–Kier alpha value is -2.48. The van der Waals surface area contributed by atoms with Crippen LogP contribution in [0.15, 0.2) is 6.07 Å². The van der Waals surface area contributed by atoms with Crippen molar-refractivity contribution in [3.05, 3.63) is 28.7 Å². The molecule has 3 aliphatic heterocycles. The zero-order valence-corrected chi connectivity index (χ0v) is 17.2. The lowest BCUT2D eigenvalue weighted by atomic mass is 10.0. The molecule has 5 rings (SSSR count).